The summed E-state index contributed by atoms with van der Waals surface area (Å²) in [6, 6.07) is 0. The molecule has 1 aromatic rings. The van der Waals surface area contributed by atoms with E-state index in [4.69, 9.17) is 0 Å². The number of hydrogen-bond acceptors (Lipinski definition) is 3. The number of aryl methyl sites for hydroxylation is 1. The number of imidazole rings is 1. The Morgan fingerprint density at radius 3 is 2.78 bits per heavy atom. The van der Waals surface area contributed by atoms with Crippen LogP contribution in [0, 0.1) is 5.92 Å². The molecule has 0 aromatic carbocycles. The first-order valence-corrected chi connectivity index (χ1v) is 7.15. The second-order valence-electron chi connectivity index (χ2n) is 5.55. The number of nitrogens with one attached hydrogen (secondary N) is 1. The maximum absolute atomic E-state index is 4.32. The first kappa shape index (κ1) is 13.6. The Labute approximate surface area is 110 Å². The zero-order valence-corrected chi connectivity index (χ0v) is 11.7. The average molecular weight is 250 g/mol. The third-order valence-corrected chi connectivity index (χ3v) is 3.72. The van der Waals surface area contributed by atoms with Gasteiger partial charge in [-0.1, -0.05) is 13.3 Å². The number of piperidine rings is 1. The van der Waals surface area contributed by atoms with Gasteiger partial charge >= 0.3 is 0 Å². The lowest BCUT2D eigenvalue weighted by Crippen LogP contribution is -2.36. The van der Waals surface area contributed by atoms with Gasteiger partial charge in [0.1, 0.15) is 5.82 Å². The summed E-state index contributed by atoms with van der Waals surface area (Å²) in [6.07, 6.45) is 8.03. The minimum Gasteiger partial charge on any atom is -0.337 e. The first-order valence-electron chi connectivity index (χ1n) is 7.15. The van der Waals surface area contributed by atoms with Gasteiger partial charge in [0.05, 0.1) is 6.54 Å². The van der Waals surface area contributed by atoms with E-state index >= 15 is 0 Å². The Morgan fingerprint density at radius 2 is 2.11 bits per heavy atom. The number of likely N-dealkylation sites (tertiary alicyclic amines) is 1. The van der Waals surface area contributed by atoms with E-state index in [0.29, 0.717) is 5.92 Å². The summed E-state index contributed by atoms with van der Waals surface area (Å²) in [5.74, 6) is 1.82. The van der Waals surface area contributed by atoms with E-state index in [1.54, 1.807) is 0 Å². The lowest BCUT2D eigenvalue weighted by atomic mass is 10.1. The predicted molar refractivity (Wildman–Crippen MR) is 74.4 cm³/mol. The van der Waals surface area contributed by atoms with E-state index in [2.05, 4.69) is 26.7 Å². The van der Waals surface area contributed by atoms with Crippen LogP contribution in [0.2, 0.25) is 0 Å². The number of nitrogens with zero attached hydrogens (tertiary/aromatic N) is 3. The topological polar surface area (TPSA) is 33.1 Å². The Hall–Kier alpha value is -0.870. The van der Waals surface area contributed by atoms with E-state index in [9.17, 15) is 0 Å². The van der Waals surface area contributed by atoms with Gasteiger partial charge in [0.15, 0.2) is 0 Å². The van der Waals surface area contributed by atoms with Gasteiger partial charge in [-0.15, -0.1) is 0 Å². The zero-order chi connectivity index (χ0) is 12.8. The van der Waals surface area contributed by atoms with Gasteiger partial charge in [0, 0.05) is 26.0 Å². The third-order valence-electron chi connectivity index (χ3n) is 3.72. The molecule has 0 bridgehead atoms. The molecule has 1 N–H and O–H groups in total. The van der Waals surface area contributed by atoms with E-state index < -0.39 is 0 Å². The summed E-state index contributed by atoms with van der Waals surface area (Å²) in [5, 5.41) is 3.51. The highest BCUT2D eigenvalue weighted by Crippen LogP contribution is 2.10. The summed E-state index contributed by atoms with van der Waals surface area (Å²) in [4.78, 5) is 6.93. The van der Waals surface area contributed by atoms with Crippen molar-refractivity contribution >= 4 is 0 Å². The Morgan fingerprint density at radius 1 is 1.33 bits per heavy atom. The monoisotopic (exact) mass is 250 g/mol. The van der Waals surface area contributed by atoms with Gasteiger partial charge in [0.2, 0.25) is 0 Å². The van der Waals surface area contributed by atoms with Crippen LogP contribution in [0.1, 0.15) is 32.0 Å². The van der Waals surface area contributed by atoms with Crippen LogP contribution < -0.4 is 5.32 Å². The lowest BCUT2D eigenvalue weighted by Gasteiger charge is -2.29. The molecule has 1 saturated heterocycles. The van der Waals surface area contributed by atoms with Crippen LogP contribution in [-0.2, 0) is 13.6 Å². The minimum absolute atomic E-state index is 0.711. The maximum Gasteiger partial charge on any atom is 0.122 e. The Kier molecular flexibility index (Phi) is 5.20. The lowest BCUT2D eigenvalue weighted by molar-refractivity contribution is 0.199. The van der Waals surface area contributed by atoms with Gasteiger partial charge in [-0.25, -0.2) is 4.98 Å². The van der Waals surface area contributed by atoms with Crippen molar-refractivity contribution in [2.45, 2.75) is 32.7 Å². The molecule has 1 aliphatic rings. The molecule has 1 aromatic heterocycles. The van der Waals surface area contributed by atoms with Crippen molar-refractivity contribution in [3.05, 3.63) is 18.2 Å². The summed E-state index contributed by atoms with van der Waals surface area (Å²) in [6.45, 7) is 8.10. The standard InChI is InChI=1S/C14H26N4/c1-13(12-18-7-4-3-5-8-18)10-15-11-14-16-6-9-17(14)2/h6,9,13,15H,3-5,7-8,10-12H2,1-2H3. The van der Waals surface area contributed by atoms with Gasteiger partial charge < -0.3 is 14.8 Å². The molecule has 0 saturated carbocycles. The molecule has 0 spiro atoms. The quantitative estimate of drug-likeness (QED) is 0.833. The van der Waals surface area contributed by atoms with Crippen molar-refractivity contribution in [3.63, 3.8) is 0 Å². The van der Waals surface area contributed by atoms with Crippen LogP contribution >= 0.6 is 0 Å². The molecule has 1 atom stereocenters. The number of rotatable bonds is 6. The summed E-state index contributed by atoms with van der Waals surface area (Å²) >= 11 is 0. The van der Waals surface area contributed by atoms with Gasteiger partial charge in [-0.3, -0.25) is 0 Å². The van der Waals surface area contributed by atoms with Crippen LogP contribution in [0.4, 0.5) is 0 Å². The second-order valence-corrected chi connectivity index (χ2v) is 5.55. The SMILES string of the molecule is CC(CNCc1nccn1C)CN1CCCCC1. The van der Waals surface area contributed by atoms with Crippen LogP contribution in [0.15, 0.2) is 12.4 Å². The summed E-state index contributed by atoms with van der Waals surface area (Å²) < 4.78 is 2.07. The molecular formula is C14H26N4. The number of hydrogen-bond donors (Lipinski definition) is 1. The van der Waals surface area contributed by atoms with Crippen molar-refractivity contribution in [1.29, 1.82) is 0 Å². The molecule has 18 heavy (non-hydrogen) atoms. The third kappa shape index (κ3) is 4.10. The second kappa shape index (κ2) is 6.90. The van der Waals surface area contributed by atoms with Crippen LogP contribution in [-0.4, -0.2) is 40.6 Å². The molecule has 2 rings (SSSR count). The fourth-order valence-electron chi connectivity index (χ4n) is 2.64. The molecule has 4 heteroatoms. The minimum atomic E-state index is 0.711. The van der Waals surface area contributed by atoms with Crippen LogP contribution in [0.25, 0.3) is 0 Å². The molecule has 1 aliphatic heterocycles. The highest BCUT2D eigenvalue weighted by atomic mass is 15.1. The molecule has 0 radical (unpaired) electrons. The normalized spacial score (nSPS) is 19.0. The van der Waals surface area contributed by atoms with Gasteiger partial charge in [-0.2, -0.15) is 0 Å². The van der Waals surface area contributed by atoms with Crippen molar-refractivity contribution in [2.24, 2.45) is 13.0 Å². The van der Waals surface area contributed by atoms with Crippen molar-refractivity contribution in [2.75, 3.05) is 26.2 Å². The molecular weight excluding hydrogens is 224 g/mol. The highest BCUT2D eigenvalue weighted by molar-refractivity contribution is 4.90. The van der Waals surface area contributed by atoms with E-state index in [1.165, 1.54) is 38.9 Å². The molecule has 0 amide bonds. The molecule has 1 unspecified atom stereocenters. The zero-order valence-electron chi connectivity index (χ0n) is 11.7. The smallest absolute Gasteiger partial charge is 0.122 e. The summed E-state index contributed by atoms with van der Waals surface area (Å²) in [7, 11) is 2.04. The molecule has 2 heterocycles. The van der Waals surface area contributed by atoms with Crippen molar-refractivity contribution in [3.8, 4) is 0 Å². The molecule has 1 fully saturated rings. The predicted octanol–water partition coefficient (Wildman–Crippen LogP) is 1.63. The van der Waals surface area contributed by atoms with Gasteiger partial charge in [0.25, 0.3) is 0 Å². The largest absolute Gasteiger partial charge is 0.337 e. The Bertz CT molecular complexity index is 341. The maximum atomic E-state index is 4.32. The van der Waals surface area contributed by atoms with Gasteiger partial charge in [-0.05, 0) is 38.4 Å². The Balaban J connectivity index is 1.62. The fourth-order valence-corrected chi connectivity index (χ4v) is 2.64. The average Bonchev–Trinajstić information content (AvgIpc) is 2.76. The summed E-state index contributed by atoms with van der Waals surface area (Å²) in [5.41, 5.74) is 0. The highest BCUT2D eigenvalue weighted by Gasteiger charge is 2.13. The molecule has 102 valence electrons. The first-order chi connectivity index (χ1) is 8.75. The van der Waals surface area contributed by atoms with Crippen molar-refractivity contribution in [1.82, 2.24) is 19.8 Å². The number of aromatic nitrogens is 2. The van der Waals surface area contributed by atoms with Crippen molar-refractivity contribution < 1.29 is 0 Å². The van der Waals surface area contributed by atoms with Crippen LogP contribution in [0.3, 0.4) is 0 Å². The molecule has 0 aliphatic carbocycles. The molecule has 4 nitrogen and oxygen atoms in total. The van der Waals surface area contributed by atoms with Crippen LogP contribution in [0.5, 0.6) is 0 Å². The van der Waals surface area contributed by atoms with E-state index in [0.717, 1.165) is 18.9 Å². The van der Waals surface area contributed by atoms with E-state index in [-0.39, 0.29) is 0 Å². The van der Waals surface area contributed by atoms with E-state index in [1.807, 2.05) is 19.4 Å². The fraction of sp³-hybridized carbons (Fsp3) is 0.786.